The van der Waals surface area contributed by atoms with Gasteiger partial charge in [-0.25, -0.2) is 9.13 Å². The molecule has 16 heteroatoms. The van der Waals surface area contributed by atoms with Crippen molar-refractivity contribution in [3.63, 3.8) is 0 Å². The molecule has 0 aromatic heterocycles. The number of esters is 2. The Morgan fingerprint density at radius 3 is 1.75 bits per heavy atom. The fraction of sp³-hybridized carbons (Fsp3) is 0.636. The molecule has 0 aromatic carbocycles. The zero-order chi connectivity index (χ0) is 44.6. The van der Waals surface area contributed by atoms with Crippen molar-refractivity contribution < 1.29 is 66.7 Å². The molecule has 0 amide bonds. The number of ether oxygens (including phenoxy) is 2. The van der Waals surface area contributed by atoms with Crippen LogP contribution in [0.1, 0.15) is 136 Å². The zero-order valence-electron chi connectivity index (χ0n) is 35.9. The number of rotatable bonds is 39. The highest BCUT2D eigenvalue weighted by Crippen LogP contribution is 2.43. The number of unbranched alkanes of at least 4 members (excludes halogenated alkanes) is 9. The summed E-state index contributed by atoms with van der Waals surface area (Å²) in [5.41, 5.74) is 0. The number of aliphatic hydroxyl groups excluding tert-OH is 2. The normalized spacial score (nSPS) is 15.4. The first-order valence-electron chi connectivity index (χ1n) is 21.4. The van der Waals surface area contributed by atoms with Crippen molar-refractivity contribution in [2.45, 2.75) is 154 Å². The van der Waals surface area contributed by atoms with Gasteiger partial charge in [0.25, 0.3) is 0 Å². The lowest BCUT2D eigenvalue weighted by molar-refractivity contribution is -0.161. The largest absolute Gasteiger partial charge is 0.472 e. The Morgan fingerprint density at radius 1 is 0.567 bits per heavy atom. The molecule has 2 unspecified atom stereocenters. The summed E-state index contributed by atoms with van der Waals surface area (Å²) in [4.78, 5) is 52.6. The molecule has 4 atom stereocenters. The van der Waals surface area contributed by atoms with Gasteiger partial charge in [-0.3, -0.25) is 23.2 Å². The van der Waals surface area contributed by atoms with Crippen LogP contribution in [0.25, 0.3) is 0 Å². The first-order chi connectivity index (χ1) is 28.8. The van der Waals surface area contributed by atoms with E-state index in [9.17, 15) is 33.8 Å². The fourth-order valence-corrected chi connectivity index (χ4v) is 6.24. The molecule has 0 bridgehead atoms. The number of phosphoric acid groups is 2. The van der Waals surface area contributed by atoms with E-state index in [0.29, 0.717) is 25.7 Å². The van der Waals surface area contributed by atoms with E-state index >= 15 is 0 Å². The Kier molecular flexibility index (Phi) is 37.3. The van der Waals surface area contributed by atoms with Gasteiger partial charge in [-0.15, -0.1) is 0 Å². The van der Waals surface area contributed by atoms with Crippen molar-refractivity contribution in [1.29, 1.82) is 0 Å². The molecule has 14 nitrogen and oxygen atoms in total. The Hall–Kier alpha value is -2.74. The van der Waals surface area contributed by atoms with E-state index in [2.05, 4.69) is 40.3 Å². The Balaban J connectivity index is 4.69. The van der Waals surface area contributed by atoms with Crippen molar-refractivity contribution in [2.24, 2.45) is 0 Å². The van der Waals surface area contributed by atoms with Gasteiger partial charge in [-0.05, 0) is 77.0 Å². The van der Waals surface area contributed by atoms with Crippen molar-refractivity contribution in [3.05, 3.63) is 85.1 Å². The maximum absolute atomic E-state index is 12.6. The third-order valence-corrected chi connectivity index (χ3v) is 9.77. The molecular formula is C44H74O14P2. The van der Waals surface area contributed by atoms with Crippen LogP contribution < -0.4 is 0 Å². The Morgan fingerprint density at radius 2 is 1.10 bits per heavy atom. The molecule has 5 N–H and O–H groups in total. The highest BCUT2D eigenvalue weighted by molar-refractivity contribution is 7.47. The zero-order valence-corrected chi connectivity index (χ0v) is 37.7. The first kappa shape index (κ1) is 57.3. The number of carbonyl (C=O) groups is 2. The van der Waals surface area contributed by atoms with E-state index in [-0.39, 0.29) is 12.8 Å². The van der Waals surface area contributed by atoms with Crippen molar-refractivity contribution in [1.82, 2.24) is 0 Å². The van der Waals surface area contributed by atoms with E-state index in [1.165, 1.54) is 19.3 Å². The van der Waals surface area contributed by atoms with Crippen molar-refractivity contribution in [3.8, 4) is 0 Å². The van der Waals surface area contributed by atoms with Crippen LogP contribution in [0.4, 0.5) is 0 Å². The number of carbonyl (C=O) groups excluding carboxylic acids is 2. The van der Waals surface area contributed by atoms with Crippen LogP contribution in [-0.2, 0) is 41.8 Å². The summed E-state index contributed by atoms with van der Waals surface area (Å²) in [5, 5.41) is 19.5. The second-order valence-corrected chi connectivity index (χ2v) is 16.8. The number of allylic oxidation sites excluding steroid dienone is 12. The van der Waals surface area contributed by atoms with Crippen molar-refractivity contribution >= 4 is 27.6 Å². The van der Waals surface area contributed by atoms with Gasteiger partial charge in [0.2, 0.25) is 0 Å². The molecule has 0 heterocycles. The van der Waals surface area contributed by atoms with E-state index in [0.717, 1.165) is 64.2 Å². The third kappa shape index (κ3) is 42.0. The lowest BCUT2D eigenvalue weighted by Gasteiger charge is -2.20. The molecule has 0 aliphatic heterocycles. The predicted molar refractivity (Wildman–Crippen MR) is 236 cm³/mol. The lowest BCUT2D eigenvalue weighted by Crippen LogP contribution is -2.30. The second kappa shape index (κ2) is 39.1. The van der Waals surface area contributed by atoms with E-state index in [4.69, 9.17) is 23.8 Å². The molecule has 0 saturated carbocycles. The molecule has 0 radical (unpaired) electrons. The molecule has 0 aromatic rings. The van der Waals surface area contributed by atoms with Crippen LogP contribution in [0.2, 0.25) is 0 Å². The minimum absolute atomic E-state index is 0.0900. The second-order valence-electron chi connectivity index (χ2n) is 14.1. The van der Waals surface area contributed by atoms with Crippen LogP contribution >= 0.6 is 15.6 Å². The Bertz CT molecular complexity index is 1400. The summed E-state index contributed by atoms with van der Waals surface area (Å²) >= 11 is 0. The first-order valence-corrected chi connectivity index (χ1v) is 24.4. The fourth-order valence-electron chi connectivity index (χ4n) is 5.08. The van der Waals surface area contributed by atoms with Crippen molar-refractivity contribution in [2.75, 3.05) is 26.4 Å². The quantitative estimate of drug-likeness (QED) is 0.0128. The highest BCUT2D eigenvalue weighted by atomic mass is 31.2. The smallest absolute Gasteiger partial charge is 0.462 e. The van der Waals surface area contributed by atoms with Gasteiger partial charge in [0.05, 0.1) is 25.9 Å². The number of phosphoric ester groups is 2. The van der Waals surface area contributed by atoms with Gasteiger partial charge in [0.1, 0.15) is 12.7 Å². The van der Waals surface area contributed by atoms with Gasteiger partial charge in [0.15, 0.2) is 6.10 Å². The molecule has 0 rings (SSSR count). The number of hydrogen-bond donors (Lipinski definition) is 5. The van der Waals surface area contributed by atoms with E-state index < -0.39 is 72.3 Å². The van der Waals surface area contributed by atoms with E-state index in [1.807, 2.05) is 61.6 Å². The number of hydrogen-bond acceptors (Lipinski definition) is 11. The minimum atomic E-state index is -4.88. The molecule has 0 saturated heterocycles. The topological polar surface area (TPSA) is 216 Å². The summed E-state index contributed by atoms with van der Waals surface area (Å²) in [6.07, 6.45) is 40.6. The average Bonchev–Trinajstić information content (AvgIpc) is 3.20. The average molecular weight is 889 g/mol. The summed E-state index contributed by atoms with van der Waals surface area (Å²) in [6.45, 7) is 1.38. The molecule has 344 valence electrons. The lowest BCUT2D eigenvalue weighted by atomic mass is 10.1. The van der Waals surface area contributed by atoms with Crippen LogP contribution in [0.3, 0.4) is 0 Å². The summed E-state index contributed by atoms with van der Waals surface area (Å²) in [6, 6.07) is 0. The standard InChI is InChI=1S/C44H74O14P2/c1-3-5-7-8-9-10-11-12-13-14-19-22-25-28-31-35-44(48)58-42(39-57-60(52,53)56-37-41(46)36-55-59(49,50)51)38-54-43(47)34-30-27-24-21-18-16-15-17-20-23-26-29-33-40(45)32-6-4-2/h6,9-10,12-13,15-16,20-21,23-24,26,29,32,40-42,45-46H,3-5,7-8,11,14,17-19,22,25,27-28,30-31,33-39H2,1-2H3,(H,52,53)(H2,49,50,51)/b10-9-,13-12-,16-15-,23-20-,24-21-,29-26+,32-6-/t40?,41-,42+/m0/s1. The summed E-state index contributed by atoms with van der Waals surface area (Å²) < 4.78 is 47.6. The van der Waals surface area contributed by atoms with Crippen LogP contribution in [0.5, 0.6) is 0 Å². The maximum Gasteiger partial charge on any atom is 0.472 e. The van der Waals surface area contributed by atoms with E-state index in [1.54, 1.807) is 6.08 Å². The van der Waals surface area contributed by atoms with Crippen LogP contribution in [0, 0.1) is 0 Å². The monoisotopic (exact) mass is 888 g/mol. The highest BCUT2D eigenvalue weighted by Gasteiger charge is 2.28. The Labute approximate surface area is 359 Å². The van der Waals surface area contributed by atoms with Gasteiger partial charge >= 0.3 is 27.6 Å². The van der Waals surface area contributed by atoms with Crippen LogP contribution in [0.15, 0.2) is 85.1 Å². The molecular weight excluding hydrogens is 814 g/mol. The predicted octanol–water partition coefficient (Wildman–Crippen LogP) is 9.75. The SMILES string of the molecule is CC/C=C\C(O)C/C=C/C=C\C/C=C\C/C=C\CCCC(=O)OC[C@H](COP(=O)(O)OC[C@@H](O)COP(=O)(O)O)OC(=O)CCCCCCC/C=C\C/C=C\CCCCC. The van der Waals surface area contributed by atoms with Gasteiger partial charge < -0.3 is 34.4 Å². The summed E-state index contributed by atoms with van der Waals surface area (Å²) in [5.74, 6) is -1.15. The van der Waals surface area contributed by atoms with Gasteiger partial charge in [0, 0.05) is 12.8 Å². The summed E-state index contributed by atoms with van der Waals surface area (Å²) in [7, 11) is -9.71. The molecule has 0 aliphatic rings. The van der Waals surface area contributed by atoms with Gasteiger partial charge in [-0.2, -0.15) is 0 Å². The third-order valence-electron chi connectivity index (χ3n) is 8.33. The molecule has 0 aliphatic carbocycles. The van der Waals surface area contributed by atoms with Crippen LogP contribution in [-0.4, -0.2) is 81.6 Å². The minimum Gasteiger partial charge on any atom is -0.462 e. The van der Waals surface area contributed by atoms with Gasteiger partial charge in [-0.1, -0.05) is 131 Å². The number of aliphatic hydroxyl groups is 2. The molecule has 0 fully saturated rings. The maximum atomic E-state index is 12.6. The molecule has 60 heavy (non-hydrogen) atoms. The molecule has 0 spiro atoms.